The van der Waals surface area contributed by atoms with Gasteiger partial charge in [-0.2, -0.15) is 0 Å². The average Bonchev–Trinajstić information content (AvgIpc) is 2.84. The molecule has 20 heavy (non-hydrogen) atoms. The van der Waals surface area contributed by atoms with Crippen LogP contribution < -0.4 is 5.32 Å². The summed E-state index contributed by atoms with van der Waals surface area (Å²) in [6.45, 7) is 0.458. The minimum Gasteiger partial charge on any atom is -0.381 e. The maximum Gasteiger partial charge on any atom is 0.182 e. The van der Waals surface area contributed by atoms with Crippen LogP contribution in [-0.4, -0.2) is 11.8 Å². The summed E-state index contributed by atoms with van der Waals surface area (Å²) in [6, 6.07) is 9.58. The van der Waals surface area contributed by atoms with Gasteiger partial charge in [-0.3, -0.25) is 0 Å². The molecule has 2 aromatic carbocycles. The van der Waals surface area contributed by atoms with Crippen molar-refractivity contribution in [2.24, 2.45) is 0 Å². The van der Waals surface area contributed by atoms with E-state index in [1.807, 2.05) is 18.2 Å². The van der Waals surface area contributed by atoms with Gasteiger partial charge in [-0.15, -0.1) is 11.8 Å². The van der Waals surface area contributed by atoms with Gasteiger partial charge in [0, 0.05) is 28.8 Å². The van der Waals surface area contributed by atoms with Crippen molar-refractivity contribution in [1.29, 1.82) is 0 Å². The number of fused-ring (bicyclic) bond motifs is 1. The van der Waals surface area contributed by atoms with Crippen LogP contribution in [0.1, 0.15) is 5.56 Å². The maximum atomic E-state index is 13.5. The molecule has 0 spiro atoms. The molecule has 0 amide bonds. The summed E-state index contributed by atoms with van der Waals surface area (Å²) in [5.74, 6) is -2.99. The number of rotatable bonds is 3. The van der Waals surface area contributed by atoms with Gasteiger partial charge in [0.15, 0.2) is 11.6 Å². The Morgan fingerprint density at radius 3 is 2.75 bits per heavy atom. The molecule has 3 rings (SSSR count). The highest BCUT2D eigenvalue weighted by atomic mass is 32.2. The molecule has 1 aliphatic rings. The minimum absolute atomic E-state index is 0.126. The van der Waals surface area contributed by atoms with Crippen LogP contribution in [0.15, 0.2) is 41.3 Å². The van der Waals surface area contributed by atoms with Crippen molar-refractivity contribution < 1.29 is 13.2 Å². The zero-order valence-electron chi connectivity index (χ0n) is 10.5. The van der Waals surface area contributed by atoms with Gasteiger partial charge < -0.3 is 5.32 Å². The van der Waals surface area contributed by atoms with Crippen molar-refractivity contribution in [3.05, 3.63) is 59.4 Å². The Kier molecular flexibility index (Phi) is 3.61. The summed E-state index contributed by atoms with van der Waals surface area (Å²) >= 11 is 1.70. The molecule has 1 atom stereocenters. The van der Waals surface area contributed by atoms with Gasteiger partial charge in [0.1, 0.15) is 5.82 Å². The molecule has 0 radical (unpaired) electrons. The number of hydrogen-bond acceptors (Lipinski definition) is 2. The van der Waals surface area contributed by atoms with Gasteiger partial charge in [-0.05, 0) is 18.1 Å². The molecule has 0 aliphatic carbocycles. The van der Waals surface area contributed by atoms with Crippen LogP contribution in [-0.2, 0) is 6.42 Å². The van der Waals surface area contributed by atoms with E-state index in [0.717, 1.165) is 12.5 Å². The molecular weight excluding hydrogens is 283 g/mol. The zero-order chi connectivity index (χ0) is 14.1. The SMILES string of the molecule is Fc1cc(F)c(F)c(NCC2Cc3ccccc3S2)c1. The first-order valence-electron chi connectivity index (χ1n) is 6.26. The molecule has 2 aromatic rings. The Bertz CT molecular complexity index is 620. The van der Waals surface area contributed by atoms with Crippen molar-refractivity contribution in [1.82, 2.24) is 0 Å². The number of hydrogen-bond donors (Lipinski definition) is 1. The van der Waals surface area contributed by atoms with Crippen LogP contribution in [0.2, 0.25) is 0 Å². The van der Waals surface area contributed by atoms with Crippen molar-refractivity contribution in [3.63, 3.8) is 0 Å². The number of anilines is 1. The molecule has 0 bridgehead atoms. The van der Waals surface area contributed by atoms with E-state index in [1.54, 1.807) is 11.8 Å². The summed E-state index contributed by atoms with van der Waals surface area (Å²) in [5, 5.41) is 3.03. The number of benzene rings is 2. The first-order valence-corrected chi connectivity index (χ1v) is 7.14. The predicted molar refractivity (Wildman–Crippen MR) is 74.6 cm³/mol. The largest absolute Gasteiger partial charge is 0.381 e. The molecule has 1 N–H and O–H groups in total. The first kappa shape index (κ1) is 13.4. The summed E-state index contributed by atoms with van der Waals surface area (Å²) in [4.78, 5) is 1.21. The van der Waals surface area contributed by atoms with Crippen LogP contribution in [0.3, 0.4) is 0 Å². The van der Waals surface area contributed by atoms with Gasteiger partial charge in [0.2, 0.25) is 0 Å². The number of thioether (sulfide) groups is 1. The number of nitrogens with one attached hydrogen (secondary N) is 1. The third kappa shape index (κ3) is 2.63. The first-order chi connectivity index (χ1) is 9.63. The Morgan fingerprint density at radius 1 is 1.15 bits per heavy atom. The van der Waals surface area contributed by atoms with Crippen molar-refractivity contribution in [2.45, 2.75) is 16.6 Å². The lowest BCUT2D eigenvalue weighted by Crippen LogP contribution is -2.17. The molecule has 104 valence electrons. The standard InChI is InChI=1S/C15H12F3NS/c16-10-6-12(17)15(18)13(7-10)19-8-11-5-9-3-1-2-4-14(9)20-11/h1-4,6-7,11,19H,5,8H2. The highest BCUT2D eigenvalue weighted by Gasteiger charge is 2.22. The normalized spacial score (nSPS) is 17.1. The second-order valence-electron chi connectivity index (χ2n) is 4.68. The molecule has 1 nitrogen and oxygen atoms in total. The fourth-order valence-corrected chi connectivity index (χ4v) is 3.52. The monoisotopic (exact) mass is 295 g/mol. The van der Waals surface area contributed by atoms with Crippen molar-refractivity contribution in [3.8, 4) is 0 Å². The van der Waals surface area contributed by atoms with Crippen LogP contribution in [0.25, 0.3) is 0 Å². The lowest BCUT2D eigenvalue weighted by Gasteiger charge is -2.12. The van der Waals surface area contributed by atoms with Crippen LogP contribution in [0.4, 0.5) is 18.9 Å². The minimum atomic E-state index is -1.17. The maximum absolute atomic E-state index is 13.5. The van der Waals surface area contributed by atoms with Crippen molar-refractivity contribution in [2.75, 3.05) is 11.9 Å². The summed E-state index contributed by atoms with van der Waals surface area (Å²) in [7, 11) is 0. The van der Waals surface area contributed by atoms with Gasteiger partial charge in [0.25, 0.3) is 0 Å². The van der Waals surface area contributed by atoms with Gasteiger partial charge >= 0.3 is 0 Å². The highest BCUT2D eigenvalue weighted by molar-refractivity contribution is 8.00. The zero-order valence-corrected chi connectivity index (χ0v) is 11.3. The van der Waals surface area contributed by atoms with E-state index < -0.39 is 17.5 Å². The van der Waals surface area contributed by atoms with E-state index in [1.165, 1.54) is 10.5 Å². The molecule has 1 heterocycles. The fraction of sp³-hybridized carbons (Fsp3) is 0.200. The Labute approximate surface area is 119 Å². The third-order valence-corrected chi connectivity index (χ3v) is 4.55. The third-order valence-electron chi connectivity index (χ3n) is 3.23. The summed E-state index contributed by atoms with van der Waals surface area (Å²) in [5.41, 5.74) is 1.13. The van der Waals surface area contributed by atoms with Crippen LogP contribution >= 0.6 is 11.8 Å². The molecule has 1 aliphatic heterocycles. The van der Waals surface area contributed by atoms with Gasteiger partial charge in [-0.1, -0.05) is 18.2 Å². The van der Waals surface area contributed by atoms with E-state index in [0.29, 0.717) is 12.6 Å². The van der Waals surface area contributed by atoms with E-state index in [9.17, 15) is 13.2 Å². The Balaban J connectivity index is 1.67. The molecule has 5 heteroatoms. The van der Waals surface area contributed by atoms with E-state index in [4.69, 9.17) is 0 Å². The average molecular weight is 295 g/mol. The molecule has 0 aromatic heterocycles. The Morgan fingerprint density at radius 2 is 1.95 bits per heavy atom. The van der Waals surface area contributed by atoms with E-state index in [2.05, 4.69) is 11.4 Å². The van der Waals surface area contributed by atoms with E-state index >= 15 is 0 Å². The molecular formula is C15H12F3NS. The van der Waals surface area contributed by atoms with Gasteiger partial charge in [0.05, 0.1) is 5.69 Å². The lowest BCUT2D eigenvalue weighted by atomic mass is 10.1. The van der Waals surface area contributed by atoms with Crippen molar-refractivity contribution >= 4 is 17.4 Å². The summed E-state index contributed by atoms with van der Waals surface area (Å²) in [6.07, 6.45) is 0.868. The van der Waals surface area contributed by atoms with Crippen LogP contribution in [0, 0.1) is 17.5 Å². The van der Waals surface area contributed by atoms with E-state index in [-0.39, 0.29) is 10.9 Å². The number of halogens is 3. The molecule has 0 saturated carbocycles. The molecule has 0 fully saturated rings. The predicted octanol–water partition coefficient (Wildman–Crippen LogP) is 4.23. The lowest BCUT2D eigenvalue weighted by molar-refractivity contribution is 0.497. The summed E-state index contributed by atoms with van der Waals surface area (Å²) < 4.78 is 39.7. The molecule has 0 saturated heterocycles. The second kappa shape index (κ2) is 5.40. The quantitative estimate of drug-likeness (QED) is 0.850. The van der Waals surface area contributed by atoms with Gasteiger partial charge in [-0.25, -0.2) is 13.2 Å². The highest BCUT2D eigenvalue weighted by Crippen LogP contribution is 2.36. The molecule has 1 unspecified atom stereocenters. The second-order valence-corrected chi connectivity index (χ2v) is 6.02. The smallest absolute Gasteiger partial charge is 0.182 e. The Hall–Kier alpha value is -1.62. The topological polar surface area (TPSA) is 12.0 Å². The van der Waals surface area contributed by atoms with Crippen LogP contribution in [0.5, 0.6) is 0 Å². The fourth-order valence-electron chi connectivity index (χ4n) is 2.28.